The van der Waals surface area contributed by atoms with Crippen molar-refractivity contribution in [1.29, 1.82) is 0 Å². The number of rotatable bonds is 7. The standard InChI is InChI=1S/C16H18BN5O3S/c18-12-4-1-3-11(7-12)14-9-22(21-20-14)10-15(17(24)25)19-16(23)8-13-5-2-6-26-13/h1-7,9,15,24-25H,8,10,18H2,(H,19,23)/t15-/m0/s1. The Morgan fingerprint density at radius 2 is 2.19 bits per heavy atom. The summed E-state index contributed by atoms with van der Waals surface area (Å²) in [6, 6.07) is 10.9. The molecule has 2 heterocycles. The number of amides is 1. The van der Waals surface area contributed by atoms with Gasteiger partial charge in [0, 0.05) is 16.1 Å². The number of hydrogen-bond donors (Lipinski definition) is 4. The minimum atomic E-state index is -1.72. The SMILES string of the molecule is Nc1cccc(-c2cn(C[C@H](NC(=O)Cc3cccs3)B(O)O)nn2)c1. The van der Waals surface area contributed by atoms with Gasteiger partial charge in [-0.25, -0.2) is 0 Å². The number of nitrogens with two attached hydrogens (primary N) is 1. The molecule has 0 aliphatic carbocycles. The minimum Gasteiger partial charge on any atom is -0.426 e. The first-order valence-corrected chi connectivity index (χ1v) is 8.83. The van der Waals surface area contributed by atoms with Crippen LogP contribution in [0.2, 0.25) is 0 Å². The van der Waals surface area contributed by atoms with Crippen molar-refractivity contribution in [2.45, 2.75) is 18.9 Å². The van der Waals surface area contributed by atoms with E-state index >= 15 is 0 Å². The molecule has 0 aliphatic rings. The monoisotopic (exact) mass is 371 g/mol. The van der Waals surface area contributed by atoms with Crippen LogP contribution in [0.1, 0.15) is 4.88 Å². The summed E-state index contributed by atoms with van der Waals surface area (Å²) in [5.41, 5.74) is 7.79. The van der Waals surface area contributed by atoms with Crippen molar-refractivity contribution in [3.8, 4) is 11.3 Å². The van der Waals surface area contributed by atoms with Gasteiger partial charge in [0.15, 0.2) is 0 Å². The second-order valence-electron chi connectivity index (χ2n) is 5.80. The largest absolute Gasteiger partial charge is 0.477 e. The van der Waals surface area contributed by atoms with Crippen molar-refractivity contribution in [2.75, 3.05) is 5.73 Å². The van der Waals surface area contributed by atoms with Gasteiger partial charge in [0.1, 0.15) is 5.69 Å². The van der Waals surface area contributed by atoms with Gasteiger partial charge in [0.25, 0.3) is 0 Å². The first-order chi connectivity index (χ1) is 12.5. The molecular weight excluding hydrogens is 353 g/mol. The fraction of sp³-hybridized carbons (Fsp3) is 0.188. The van der Waals surface area contributed by atoms with Crippen LogP contribution in [0.4, 0.5) is 5.69 Å². The third kappa shape index (κ3) is 4.69. The fourth-order valence-electron chi connectivity index (χ4n) is 2.46. The first-order valence-electron chi connectivity index (χ1n) is 7.95. The number of nitrogens with one attached hydrogen (secondary N) is 1. The maximum Gasteiger partial charge on any atom is 0.477 e. The van der Waals surface area contributed by atoms with Gasteiger partial charge in [-0.3, -0.25) is 9.48 Å². The highest BCUT2D eigenvalue weighted by molar-refractivity contribution is 7.10. The lowest BCUT2D eigenvalue weighted by Gasteiger charge is -2.17. The van der Waals surface area contributed by atoms with Crippen LogP contribution in [0.25, 0.3) is 11.3 Å². The van der Waals surface area contributed by atoms with Crippen molar-refractivity contribution in [1.82, 2.24) is 20.3 Å². The van der Waals surface area contributed by atoms with E-state index in [4.69, 9.17) is 5.73 Å². The molecule has 26 heavy (non-hydrogen) atoms. The predicted molar refractivity (Wildman–Crippen MR) is 100 cm³/mol. The molecule has 8 nitrogen and oxygen atoms in total. The van der Waals surface area contributed by atoms with Crippen molar-refractivity contribution < 1.29 is 14.8 Å². The molecule has 1 amide bonds. The van der Waals surface area contributed by atoms with Gasteiger partial charge in [-0.2, -0.15) is 0 Å². The van der Waals surface area contributed by atoms with E-state index in [1.165, 1.54) is 16.0 Å². The molecule has 10 heteroatoms. The van der Waals surface area contributed by atoms with E-state index in [1.54, 1.807) is 18.3 Å². The summed E-state index contributed by atoms with van der Waals surface area (Å²) in [4.78, 5) is 13.0. The Balaban J connectivity index is 1.65. The zero-order valence-corrected chi connectivity index (χ0v) is 14.6. The smallest absolute Gasteiger partial charge is 0.426 e. The number of hydrogen-bond acceptors (Lipinski definition) is 7. The maximum atomic E-state index is 12.1. The van der Waals surface area contributed by atoms with E-state index in [9.17, 15) is 14.8 Å². The van der Waals surface area contributed by atoms with Gasteiger partial charge in [-0.1, -0.05) is 23.4 Å². The van der Waals surface area contributed by atoms with E-state index in [1.807, 2.05) is 29.6 Å². The molecule has 0 saturated carbocycles. The Labute approximate surface area is 154 Å². The number of carbonyl (C=O) groups is 1. The number of thiophene rings is 1. The molecule has 2 aromatic heterocycles. The van der Waals surface area contributed by atoms with E-state index in [0.29, 0.717) is 11.4 Å². The molecule has 3 aromatic rings. The van der Waals surface area contributed by atoms with Crippen molar-refractivity contribution in [2.24, 2.45) is 0 Å². The van der Waals surface area contributed by atoms with Crippen LogP contribution in [0.3, 0.4) is 0 Å². The highest BCUT2D eigenvalue weighted by atomic mass is 32.1. The Morgan fingerprint density at radius 3 is 2.88 bits per heavy atom. The number of benzene rings is 1. The number of carbonyl (C=O) groups excluding carboxylic acids is 1. The van der Waals surface area contributed by atoms with Crippen LogP contribution in [0.15, 0.2) is 48.0 Å². The van der Waals surface area contributed by atoms with Crippen LogP contribution in [-0.2, 0) is 17.8 Å². The zero-order valence-electron chi connectivity index (χ0n) is 13.8. The second kappa shape index (κ2) is 8.13. The van der Waals surface area contributed by atoms with Gasteiger partial charge in [-0.05, 0) is 23.6 Å². The highest BCUT2D eigenvalue weighted by Crippen LogP contribution is 2.18. The highest BCUT2D eigenvalue weighted by Gasteiger charge is 2.26. The number of aromatic nitrogens is 3. The summed E-state index contributed by atoms with van der Waals surface area (Å²) in [6.45, 7) is 0.0726. The lowest BCUT2D eigenvalue weighted by molar-refractivity contribution is -0.120. The van der Waals surface area contributed by atoms with Gasteiger partial charge < -0.3 is 21.1 Å². The summed E-state index contributed by atoms with van der Waals surface area (Å²) in [7, 11) is -1.72. The van der Waals surface area contributed by atoms with E-state index in [-0.39, 0.29) is 18.9 Å². The molecule has 134 valence electrons. The van der Waals surface area contributed by atoms with Crippen LogP contribution in [0.5, 0.6) is 0 Å². The molecule has 0 radical (unpaired) electrons. The molecule has 0 bridgehead atoms. The predicted octanol–water partition coefficient (Wildman–Crippen LogP) is 0.328. The molecule has 0 unspecified atom stereocenters. The third-order valence-corrected chi connectivity index (χ3v) is 4.60. The summed E-state index contributed by atoms with van der Waals surface area (Å²) < 4.78 is 1.45. The van der Waals surface area contributed by atoms with Crippen molar-refractivity contribution in [3.05, 3.63) is 52.9 Å². The maximum absolute atomic E-state index is 12.1. The molecule has 0 saturated heterocycles. The molecule has 0 spiro atoms. The normalized spacial score (nSPS) is 11.9. The molecule has 1 atom stereocenters. The molecule has 3 rings (SSSR count). The molecule has 0 aliphatic heterocycles. The van der Waals surface area contributed by atoms with Crippen LogP contribution >= 0.6 is 11.3 Å². The number of nitrogen functional groups attached to an aromatic ring is 1. The van der Waals surface area contributed by atoms with E-state index in [2.05, 4.69) is 15.6 Å². The van der Waals surface area contributed by atoms with Gasteiger partial charge in [0.2, 0.25) is 5.91 Å². The van der Waals surface area contributed by atoms with Gasteiger partial charge in [-0.15, -0.1) is 16.4 Å². The lowest BCUT2D eigenvalue weighted by Crippen LogP contribution is -2.49. The average molecular weight is 371 g/mol. The van der Waals surface area contributed by atoms with Crippen LogP contribution < -0.4 is 11.1 Å². The third-order valence-electron chi connectivity index (χ3n) is 3.73. The van der Waals surface area contributed by atoms with Gasteiger partial charge in [0.05, 0.1) is 25.1 Å². The summed E-state index contributed by atoms with van der Waals surface area (Å²) in [5, 5.41) is 31.7. The van der Waals surface area contributed by atoms with Crippen molar-refractivity contribution >= 4 is 30.0 Å². The molecular formula is C16H18BN5O3S. The Morgan fingerprint density at radius 1 is 1.35 bits per heavy atom. The number of nitrogens with zero attached hydrogens (tertiary/aromatic N) is 3. The summed E-state index contributed by atoms with van der Waals surface area (Å²) in [5.74, 6) is -1.19. The molecule has 5 N–H and O–H groups in total. The Hall–Kier alpha value is -2.69. The fourth-order valence-corrected chi connectivity index (χ4v) is 3.17. The number of anilines is 1. The van der Waals surface area contributed by atoms with Gasteiger partial charge >= 0.3 is 7.12 Å². The van der Waals surface area contributed by atoms with Crippen molar-refractivity contribution in [3.63, 3.8) is 0 Å². The molecule has 0 fully saturated rings. The van der Waals surface area contributed by atoms with E-state index < -0.39 is 13.1 Å². The topological polar surface area (TPSA) is 126 Å². The second-order valence-corrected chi connectivity index (χ2v) is 6.83. The zero-order chi connectivity index (χ0) is 18.5. The van der Waals surface area contributed by atoms with E-state index in [0.717, 1.165) is 10.4 Å². The lowest BCUT2D eigenvalue weighted by atomic mass is 9.79. The Bertz CT molecular complexity index is 868. The van der Waals surface area contributed by atoms with Crippen LogP contribution in [-0.4, -0.2) is 44.0 Å². The average Bonchev–Trinajstić information content (AvgIpc) is 3.26. The quantitative estimate of drug-likeness (QED) is 0.350. The molecule has 1 aromatic carbocycles. The summed E-state index contributed by atoms with van der Waals surface area (Å²) in [6.07, 6.45) is 1.85. The summed E-state index contributed by atoms with van der Waals surface area (Å²) >= 11 is 1.47. The first kappa shape index (κ1) is 18.1. The Kier molecular flexibility index (Phi) is 5.66. The minimum absolute atomic E-state index is 0.0726. The van der Waals surface area contributed by atoms with Crippen LogP contribution in [0, 0.1) is 0 Å².